The highest BCUT2D eigenvalue weighted by molar-refractivity contribution is 5.67. The van der Waals surface area contributed by atoms with Crippen molar-refractivity contribution < 1.29 is 14.1 Å². The van der Waals surface area contributed by atoms with Crippen LogP contribution >= 0.6 is 0 Å². The molecule has 0 radical (unpaired) electrons. The van der Waals surface area contributed by atoms with E-state index < -0.39 is 0 Å². The van der Waals surface area contributed by atoms with Gasteiger partial charge in [-0.1, -0.05) is 29.4 Å². The topological polar surface area (TPSA) is 80.5 Å². The first-order valence-corrected chi connectivity index (χ1v) is 9.15. The minimum atomic E-state index is -0.223. The molecule has 0 unspecified atom stereocenters. The predicted octanol–water partition coefficient (Wildman–Crippen LogP) is 3.32. The van der Waals surface area contributed by atoms with Crippen LogP contribution in [0.25, 0.3) is 11.4 Å². The fourth-order valence-electron chi connectivity index (χ4n) is 3.21. The van der Waals surface area contributed by atoms with Crippen molar-refractivity contribution in [3.05, 3.63) is 35.7 Å². The molecule has 1 N–H and O–H groups in total. The summed E-state index contributed by atoms with van der Waals surface area (Å²) >= 11 is 0. The van der Waals surface area contributed by atoms with Gasteiger partial charge >= 0.3 is 6.09 Å². The van der Waals surface area contributed by atoms with Gasteiger partial charge in [-0.25, -0.2) is 4.79 Å². The van der Waals surface area contributed by atoms with E-state index in [1.165, 1.54) is 0 Å². The number of carbonyl (C=O) groups is 1. The summed E-state index contributed by atoms with van der Waals surface area (Å²) < 4.78 is 10.5. The zero-order chi connectivity index (χ0) is 18.5. The molecule has 26 heavy (non-hydrogen) atoms. The SMILES string of the molecule is CCOC(=O)N1CCC(N[C@H](C)c2nc(-c3ccccc3C)no2)CC1. The number of aryl methyl sites for hydroxylation is 1. The zero-order valence-electron chi connectivity index (χ0n) is 15.6. The highest BCUT2D eigenvalue weighted by Gasteiger charge is 2.26. The molecule has 1 atom stereocenters. The highest BCUT2D eigenvalue weighted by atomic mass is 16.6. The van der Waals surface area contributed by atoms with Crippen molar-refractivity contribution >= 4 is 6.09 Å². The maximum atomic E-state index is 11.8. The lowest BCUT2D eigenvalue weighted by atomic mass is 10.0. The van der Waals surface area contributed by atoms with E-state index in [0.717, 1.165) is 24.0 Å². The molecule has 0 spiro atoms. The molecule has 7 heteroatoms. The van der Waals surface area contributed by atoms with Gasteiger partial charge in [-0.15, -0.1) is 0 Å². The van der Waals surface area contributed by atoms with E-state index in [2.05, 4.69) is 15.5 Å². The molecular formula is C19H26N4O3. The molecule has 1 aromatic carbocycles. The lowest BCUT2D eigenvalue weighted by Crippen LogP contribution is -2.45. The Morgan fingerprint density at radius 2 is 2.12 bits per heavy atom. The maximum absolute atomic E-state index is 11.8. The van der Waals surface area contributed by atoms with E-state index >= 15 is 0 Å². The number of hydrogen-bond donors (Lipinski definition) is 1. The minimum Gasteiger partial charge on any atom is -0.450 e. The van der Waals surface area contributed by atoms with Crippen molar-refractivity contribution in [3.63, 3.8) is 0 Å². The van der Waals surface area contributed by atoms with Crippen LogP contribution < -0.4 is 5.32 Å². The van der Waals surface area contributed by atoms with Gasteiger partial charge in [0.2, 0.25) is 11.7 Å². The smallest absolute Gasteiger partial charge is 0.409 e. The Kier molecular flexibility index (Phi) is 5.88. The summed E-state index contributed by atoms with van der Waals surface area (Å²) in [5, 5.41) is 7.65. The van der Waals surface area contributed by atoms with E-state index in [1.54, 1.807) is 4.90 Å². The second-order valence-corrected chi connectivity index (χ2v) is 6.62. The van der Waals surface area contributed by atoms with Gasteiger partial charge in [0.15, 0.2) is 0 Å². The van der Waals surface area contributed by atoms with E-state index in [0.29, 0.717) is 37.5 Å². The minimum absolute atomic E-state index is 0.0422. The summed E-state index contributed by atoms with van der Waals surface area (Å²) in [5.41, 5.74) is 2.10. The first-order chi connectivity index (χ1) is 12.6. The van der Waals surface area contributed by atoms with Crippen LogP contribution in [0, 0.1) is 6.92 Å². The third kappa shape index (κ3) is 4.22. The summed E-state index contributed by atoms with van der Waals surface area (Å²) in [7, 11) is 0. The molecule has 7 nitrogen and oxygen atoms in total. The van der Waals surface area contributed by atoms with Gasteiger partial charge < -0.3 is 19.5 Å². The lowest BCUT2D eigenvalue weighted by molar-refractivity contribution is 0.0939. The van der Waals surface area contributed by atoms with Gasteiger partial charge in [-0.05, 0) is 39.2 Å². The summed E-state index contributed by atoms with van der Waals surface area (Å²) in [4.78, 5) is 18.1. The van der Waals surface area contributed by atoms with Crippen LogP contribution in [0.1, 0.15) is 44.2 Å². The van der Waals surface area contributed by atoms with Crippen LogP contribution in [0.15, 0.2) is 28.8 Å². The van der Waals surface area contributed by atoms with Gasteiger partial charge in [0.1, 0.15) is 0 Å². The first kappa shape index (κ1) is 18.4. The molecule has 2 aromatic rings. The molecule has 1 aromatic heterocycles. The highest BCUT2D eigenvalue weighted by Crippen LogP contribution is 2.23. The number of likely N-dealkylation sites (tertiary alicyclic amines) is 1. The molecule has 0 aliphatic carbocycles. The van der Waals surface area contributed by atoms with Gasteiger partial charge in [0.25, 0.3) is 0 Å². The fourth-order valence-corrected chi connectivity index (χ4v) is 3.21. The number of aromatic nitrogens is 2. The van der Waals surface area contributed by atoms with E-state index in [9.17, 15) is 4.79 Å². The number of benzene rings is 1. The molecule has 1 amide bonds. The number of carbonyl (C=O) groups excluding carboxylic acids is 1. The van der Waals surface area contributed by atoms with Crippen molar-refractivity contribution in [2.75, 3.05) is 19.7 Å². The normalized spacial score (nSPS) is 16.5. The lowest BCUT2D eigenvalue weighted by Gasteiger charge is -2.32. The number of nitrogens with zero attached hydrogens (tertiary/aromatic N) is 3. The molecule has 1 aliphatic rings. The van der Waals surface area contributed by atoms with Gasteiger partial charge in [-0.2, -0.15) is 4.98 Å². The standard InChI is InChI=1S/C19H26N4O3/c1-4-25-19(24)23-11-9-15(10-12-23)20-14(3)18-21-17(22-26-18)16-8-6-5-7-13(16)2/h5-8,14-15,20H,4,9-12H2,1-3H3/t14-/m1/s1. The Morgan fingerprint density at radius 1 is 1.38 bits per heavy atom. The Hall–Kier alpha value is -2.41. The summed E-state index contributed by atoms with van der Waals surface area (Å²) in [6, 6.07) is 8.26. The van der Waals surface area contributed by atoms with Crippen LogP contribution in [-0.2, 0) is 4.74 Å². The van der Waals surface area contributed by atoms with Crippen LogP contribution in [0.2, 0.25) is 0 Å². The number of ether oxygens (including phenoxy) is 1. The van der Waals surface area contributed by atoms with Gasteiger partial charge in [0.05, 0.1) is 12.6 Å². The zero-order valence-corrected chi connectivity index (χ0v) is 15.6. The average molecular weight is 358 g/mol. The van der Waals surface area contributed by atoms with Crippen molar-refractivity contribution in [2.45, 2.75) is 45.7 Å². The van der Waals surface area contributed by atoms with Crippen LogP contribution in [0.3, 0.4) is 0 Å². The van der Waals surface area contributed by atoms with Crippen molar-refractivity contribution in [3.8, 4) is 11.4 Å². The molecule has 2 heterocycles. The number of piperidine rings is 1. The monoisotopic (exact) mass is 358 g/mol. The second kappa shape index (κ2) is 8.31. The summed E-state index contributed by atoms with van der Waals surface area (Å²) in [6.07, 6.45) is 1.53. The molecule has 140 valence electrons. The third-order valence-corrected chi connectivity index (χ3v) is 4.70. The van der Waals surface area contributed by atoms with Crippen molar-refractivity contribution in [1.82, 2.24) is 20.4 Å². The van der Waals surface area contributed by atoms with Gasteiger partial charge in [-0.3, -0.25) is 0 Å². The van der Waals surface area contributed by atoms with Crippen molar-refractivity contribution in [2.24, 2.45) is 0 Å². The van der Waals surface area contributed by atoms with E-state index in [4.69, 9.17) is 9.26 Å². The Balaban J connectivity index is 1.56. The number of amides is 1. The Morgan fingerprint density at radius 3 is 2.81 bits per heavy atom. The molecule has 1 aliphatic heterocycles. The molecule has 3 rings (SSSR count). The van der Waals surface area contributed by atoms with Gasteiger partial charge in [0, 0.05) is 24.7 Å². The first-order valence-electron chi connectivity index (χ1n) is 9.15. The molecule has 1 fully saturated rings. The average Bonchev–Trinajstić information content (AvgIpc) is 3.13. The molecule has 0 bridgehead atoms. The second-order valence-electron chi connectivity index (χ2n) is 6.62. The number of nitrogens with one attached hydrogen (secondary N) is 1. The number of rotatable bonds is 5. The van der Waals surface area contributed by atoms with Crippen molar-refractivity contribution in [1.29, 1.82) is 0 Å². The molecule has 0 saturated carbocycles. The van der Waals surface area contributed by atoms with Crippen LogP contribution in [-0.4, -0.2) is 46.9 Å². The molecular weight excluding hydrogens is 332 g/mol. The van der Waals surface area contributed by atoms with E-state index in [-0.39, 0.29) is 12.1 Å². The summed E-state index contributed by atoms with van der Waals surface area (Å²) in [5.74, 6) is 1.19. The predicted molar refractivity (Wildman–Crippen MR) is 97.6 cm³/mol. The maximum Gasteiger partial charge on any atom is 0.409 e. The quantitative estimate of drug-likeness (QED) is 0.883. The third-order valence-electron chi connectivity index (χ3n) is 4.70. The molecule has 1 saturated heterocycles. The van der Waals surface area contributed by atoms with Crippen LogP contribution in [0.5, 0.6) is 0 Å². The fraction of sp³-hybridized carbons (Fsp3) is 0.526. The van der Waals surface area contributed by atoms with Crippen LogP contribution in [0.4, 0.5) is 4.79 Å². The Bertz CT molecular complexity index is 738. The number of hydrogen-bond acceptors (Lipinski definition) is 6. The largest absolute Gasteiger partial charge is 0.450 e. The Labute approximate surface area is 153 Å². The summed E-state index contributed by atoms with van der Waals surface area (Å²) in [6.45, 7) is 7.68. The van der Waals surface area contributed by atoms with E-state index in [1.807, 2.05) is 45.0 Å².